The highest BCUT2D eigenvalue weighted by Crippen LogP contribution is 2.23. The Morgan fingerprint density at radius 2 is 1.95 bits per heavy atom. The number of halogens is 1. The van der Waals surface area contributed by atoms with Crippen LogP contribution in [0.5, 0.6) is 0 Å². The fourth-order valence-electron chi connectivity index (χ4n) is 1.42. The number of rotatable bonds is 4. The lowest BCUT2D eigenvalue weighted by Gasteiger charge is -2.21. The van der Waals surface area contributed by atoms with Crippen LogP contribution < -0.4 is 16.8 Å². The molecule has 0 saturated heterocycles. The van der Waals surface area contributed by atoms with E-state index in [2.05, 4.69) is 21.2 Å². The number of hydrogen-bond acceptors (Lipinski definition) is 3. The van der Waals surface area contributed by atoms with E-state index in [1.54, 1.807) is 32.9 Å². The fourth-order valence-corrected chi connectivity index (χ4v) is 1.90. The maximum atomic E-state index is 12.1. The summed E-state index contributed by atoms with van der Waals surface area (Å²) >= 11 is 3.30. The Morgan fingerprint density at radius 1 is 1.37 bits per heavy atom. The average Bonchev–Trinajstić information content (AvgIpc) is 2.30. The Balaban J connectivity index is 2.88. The van der Waals surface area contributed by atoms with Crippen LogP contribution in [0.4, 0.5) is 5.69 Å². The van der Waals surface area contributed by atoms with Gasteiger partial charge in [0.2, 0.25) is 5.91 Å². The second-order valence-electron chi connectivity index (χ2n) is 5.10. The largest absolute Gasteiger partial charge is 0.398 e. The van der Waals surface area contributed by atoms with Gasteiger partial charge in [-0.3, -0.25) is 9.59 Å². The number of nitrogens with one attached hydrogen (secondary N) is 1. The number of nitrogens with two attached hydrogens (primary N) is 2. The first kappa shape index (κ1) is 15.5. The van der Waals surface area contributed by atoms with Gasteiger partial charge in [0.05, 0.1) is 5.41 Å². The van der Waals surface area contributed by atoms with Crippen molar-refractivity contribution in [2.24, 2.45) is 11.1 Å². The van der Waals surface area contributed by atoms with Crippen molar-refractivity contribution in [2.75, 3.05) is 12.3 Å². The first-order valence-corrected chi connectivity index (χ1v) is 6.58. The second kappa shape index (κ2) is 5.61. The summed E-state index contributed by atoms with van der Waals surface area (Å²) in [5, 5.41) is 2.70. The molecule has 0 fully saturated rings. The highest BCUT2D eigenvalue weighted by molar-refractivity contribution is 9.10. The molecule has 1 rings (SSSR count). The number of amides is 2. The molecule has 0 spiro atoms. The molecule has 0 aromatic heterocycles. The first-order chi connectivity index (χ1) is 8.65. The number of nitrogen functional groups attached to an aromatic ring is 1. The molecule has 1 aromatic carbocycles. The maximum absolute atomic E-state index is 12.1. The van der Waals surface area contributed by atoms with E-state index in [0.29, 0.717) is 16.8 Å². The number of hydrogen-bond donors (Lipinski definition) is 3. The molecule has 0 aliphatic heterocycles. The zero-order valence-corrected chi connectivity index (χ0v) is 12.8. The normalized spacial score (nSPS) is 11.2. The van der Waals surface area contributed by atoms with Crippen LogP contribution in [0.25, 0.3) is 0 Å². The third kappa shape index (κ3) is 3.70. The van der Waals surface area contributed by atoms with Crippen LogP contribution >= 0.6 is 15.9 Å². The molecule has 0 heterocycles. The predicted octanol–water partition coefficient (Wildman–Crippen LogP) is 1.58. The first-order valence-electron chi connectivity index (χ1n) is 5.79. The lowest BCUT2D eigenvalue weighted by atomic mass is 9.92. The van der Waals surface area contributed by atoms with Gasteiger partial charge in [-0.1, -0.05) is 15.9 Å². The van der Waals surface area contributed by atoms with Gasteiger partial charge >= 0.3 is 0 Å². The van der Waals surface area contributed by atoms with Crippen LogP contribution in [0.15, 0.2) is 16.6 Å². The summed E-state index contributed by atoms with van der Waals surface area (Å²) in [7, 11) is 0. The molecule has 2 amide bonds. The van der Waals surface area contributed by atoms with E-state index in [1.165, 1.54) is 0 Å². The van der Waals surface area contributed by atoms with Gasteiger partial charge in [0.25, 0.3) is 5.91 Å². The topological polar surface area (TPSA) is 98.2 Å². The van der Waals surface area contributed by atoms with Crippen molar-refractivity contribution in [3.63, 3.8) is 0 Å². The van der Waals surface area contributed by atoms with Crippen molar-refractivity contribution in [2.45, 2.75) is 20.8 Å². The van der Waals surface area contributed by atoms with Crippen molar-refractivity contribution in [3.8, 4) is 0 Å². The van der Waals surface area contributed by atoms with Gasteiger partial charge in [0, 0.05) is 22.3 Å². The van der Waals surface area contributed by atoms with Gasteiger partial charge in [-0.15, -0.1) is 0 Å². The number of carbonyl (C=O) groups is 2. The lowest BCUT2D eigenvalue weighted by Crippen LogP contribution is -2.42. The standard InChI is InChI=1S/C13H18BrN3O2/c1-7-9(4-8(14)5-10(7)15)11(18)17-6-13(2,3)12(16)19/h4-5H,6,15H2,1-3H3,(H2,16,19)(H,17,18). The molecule has 0 saturated carbocycles. The van der Waals surface area contributed by atoms with Gasteiger partial charge < -0.3 is 16.8 Å². The van der Waals surface area contributed by atoms with Crippen LogP contribution in [-0.4, -0.2) is 18.4 Å². The molecule has 5 N–H and O–H groups in total. The molecule has 5 nitrogen and oxygen atoms in total. The summed E-state index contributed by atoms with van der Waals surface area (Å²) < 4.78 is 0.731. The molecular formula is C13H18BrN3O2. The van der Waals surface area contributed by atoms with Crippen molar-refractivity contribution in [1.82, 2.24) is 5.32 Å². The summed E-state index contributed by atoms with van der Waals surface area (Å²) in [6.07, 6.45) is 0. The third-order valence-corrected chi connectivity index (χ3v) is 3.47. The minimum Gasteiger partial charge on any atom is -0.398 e. The van der Waals surface area contributed by atoms with Crippen LogP contribution in [0.3, 0.4) is 0 Å². The number of anilines is 1. The van der Waals surface area contributed by atoms with Crippen molar-refractivity contribution < 1.29 is 9.59 Å². The van der Waals surface area contributed by atoms with Gasteiger partial charge in [-0.25, -0.2) is 0 Å². The number of primary amides is 1. The molecule has 0 radical (unpaired) electrons. The van der Waals surface area contributed by atoms with Gasteiger partial charge in [0.15, 0.2) is 0 Å². The Hall–Kier alpha value is -1.56. The Labute approximate surface area is 120 Å². The third-order valence-electron chi connectivity index (χ3n) is 3.02. The number of benzene rings is 1. The van der Waals surface area contributed by atoms with E-state index < -0.39 is 11.3 Å². The minimum atomic E-state index is -0.791. The Kier molecular flexibility index (Phi) is 4.57. The summed E-state index contributed by atoms with van der Waals surface area (Å²) in [5.74, 6) is -0.738. The van der Waals surface area contributed by atoms with E-state index in [-0.39, 0.29) is 12.5 Å². The molecule has 1 aromatic rings. The SMILES string of the molecule is Cc1c(N)cc(Br)cc1C(=O)NCC(C)(C)C(N)=O. The van der Waals surface area contributed by atoms with Crippen LogP contribution in [0.2, 0.25) is 0 Å². The fraction of sp³-hybridized carbons (Fsp3) is 0.385. The van der Waals surface area contributed by atoms with Crippen LogP contribution in [-0.2, 0) is 4.79 Å². The molecule has 0 aliphatic rings. The van der Waals surface area contributed by atoms with E-state index in [4.69, 9.17) is 11.5 Å². The zero-order chi connectivity index (χ0) is 14.8. The van der Waals surface area contributed by atoms with Crippen molar-refractivity contribution >= 4 is 33.4 Å². The minimum absolute atomic E-state index is 0.174. The predicted molar refractivity (Wildman–Crippen MR) is 78.6 cm³/mol. The summed E-state index contributed by atoms with van der Waals surface area (Å²) in [4.78, 5) is 23.3. The van der Waals surface area contributed by atoms with Crippen molar-refractivity contribution in [3.05, 3.63) is 27.7 Å². The van der Waals surface area contributed by atoms with E-state index in [9.17, 15) is 9.59 Å². The average molecular weight is 328 g/mol. The summed E-state index contributed by atoms with van der Waals surface area (Å²) in [6.45, 7) is 5.30. The molecule has 6 heteroatoms. The molecule has 104 valence electrons. The zero-order valence-electron chi connectivity index (χ0n) is 11.2. The van der Waals surface area contributed by atoms with Crippen LogP contribution in [0.1, 0.15) is 29.8 Å². The quantitative estimate of drug-likeness (QED) is 0.732. The summed E-state index contributed by atoms with van der Waals surface area (Å²) in [6, 6.07) is 3.43. The molecule has 0 unspecified atom stereocenters. The highest BCUT2D eigenvalue weighted by Gasteiger charge is 2.26. The van der Waals surface area contributed by atoms with Crippen molar-refractivity contribution in [1.29, 1.82) is 0 Å². The summed E-state index contributed by atoms with van der Waals surface area (Å²) in [5.41, 5.74) is 12.0. The van der Waals surface area contributed by atoms with E-state index >= 15 is 0 Å². The van der Waals surface area contributed by atoms with Crippen LogP contribution in [0, 0.1) is 12.3 Å². The highest BCUT2D eigenvalue weighted by atomic mass is 79.9. The van der Waals surface area contributed by atoms with Gasteiger partial charge in [-0.05, 0) is 38.5 Å². The maximum Gasteiger partial charge on any atom is 0.251 e. The van der Waals surface area contributed by atoms with E-state index in [0.717, 1.165) is 4.47 Å². The molecule has 19 heavy (non-hydrogen) atoms. The second-order valence-corrected chi connectivity index (χ2v) is 6.01. The Bertz CT molecular complexity index is 527. The van der Waals surface area contributed by atoms with Gasteiger partial charge in [-0.2, -0.15) is 0 Å². The molecule has 0 aliphatic carbocycles. The number of carbonyl (C=O) groups excluding carboxylic acids is 2. The van der Waals surface area contributed by atoms with E-state index in [1.807, 2.05) is 0 Å². The smallest absolute Gasteiger partial charge is 0.251 e. The Morgan fingerprint density at radius 3 is 2.47 bits per heavy atom. The molecular weight excluding hydrogens is 310 g/mol. The molecule has 0 bridgehead atoms. The molecule has 0 atom stereocenters. The monoisotopic (exact) mass is 327 g/mol. The van der Waals surface area contributed by atoms with Gasteiger partial charge in [0.1, 0.15) is 0 Å². The lowest BCUT2D eigenvalue weighted by molar-refractivity contribution is -0.125.